The van der Waals surface area contributed by atoms with Crippen molar-refractivity contribution in [3.8, 4) is 0 Å². The van der Waals surface area contributed by atoms with Gasteiger partial charge in [0.2, 0.25) is 0 Å². The van der Waals surface area contributed by atoms with E-state index < -0.39 is 0 Å². The predicted octanol–water partition coefficient (Wildman–Crippen LogP) is 11.8. The Morgan fingerprint density at radius 2 is 1.15 bits per heavy atom. The summed E-state index contributed by atoms with van der Waals surface area (Å²) in [7, 11) is 0. The van der Waals surface area contributed by atoms with E-state index in [1.54, 1.807) is 16.7 Å². The quantitative estimate of drug-likeness (QED) is 0.300. The van der Waals surface area contributed by atoms with Crippen molar-refractivity contribution < 1.29 is 0 Å². The zero-order chi connectivity index (χ0) is 32.1. The molecular formula is C41H64. The third kappa shape index (κ3) is 14.0. The highest BCUT2D eigenvalue weighted by Crippen LogP contribution is 2.29. The molecule has 3 aromatic rings. The molecule has 3 rings (SSSR count). The van der Waals surface area contributed by atoms with Crippen LogP contribution in [0, 0.1) is 27.7 Å². The van der Waals surface area contributed by atoms with E-state index in [9.17, 15) is 0 Å². The molecule has 0 aliphatic carbocycles. The van der Waals surface area contributed by atoms with Crippen LogP contribution in [-0.2, 0) is 6.42 Å². The minimum Gasteiger partial charge on any atom is -0.0985 e. The molecule has 0 fully saturated rings. The Kier molecular flexibility index (Phi) is 22.4. The van der Waals surface area contributed by atoms with E-state index in [4.69, 9.17) is 0 Å². The average Bonchev–Trinajstić information content (AvgIpc) is 2.96. The molecule has 0 aliphatic heterocycles. The molecule has 41 heavy (non-hydrogen) atoms. The van der Waals surface area contributed by atoms with Crippen LogP contribution < -0.4 is 10.4 Å². The van der Waals surface area contributed by atoms with Crippen LogP contribution in [0.3, 0.4) is 0 Å². The Balaban J connectivity index is 0. The Morgan fingerprint density at radius 1 is 0.707 bits per heavy atom. The van der Waals surface area contributed by atoms with E-state index in [2.05, 4.69) is 157 Å². The fraction of sp³-hybridized carbons (Fsp3) is 0.463. The van der Waals surface area contributed by atoms with Crippen LogP contribution >= 0.6 is 0 Å². The van der Waals surface area contributed by atoms with Crippen LogP contribution in [0.4, 0.5) is 0 Å². The molecule has 0 heteroatoms. The Morgan fingerprint density at radius 3 is 1.44 bits per heavy atom. The van der Waals surface area contributed by atoms with Gasteiger partial charge in [-0.2, -0.15) is 0 Å². The number of hydrogen-bond donors (Lipinski definition) is 0. The summed E-state index contributed by atoms with van der Waals surface area (Å²) in [4.78, 5) is 0. The van der Waals surface area contributed by atoms with Crippen LogP contribution in [0.25, 0.3) is 18.2 Å². The van der Waals surface area contributed by atoms with Crippen LogP contribution in [0.15, 0.2) is 55.1 Å². The minimum absolute atomic E-state index is 0.636. The third-order valence-electron chi connectivity index (χ3n) is 6.90. The molecule has 0 saturated heterocycles. The first-order valence-electron chi connectivity index (χ1n) is 15.9. The van der Waals surface area contributed by atoms with Crippen LogP contribution in [0.1, 0.15) is 139 Å². The van der Waals surface area contributed by atoms with Gasteiger partial charge in [0.25, 0.3) is 0 Å². The lowest BCUT2D eigenvalue weighted by Gasteiger charge is -2.19. The number of hydrogen-bond acceptors (Lipinski definition) is 0. The van der Waals surface area contributed by atoms with E-state index in [1.165, 1.54) is 44.7 Å². The predicted molar refractivity (Wildman–Crippen MR) is 193 cm³/mol. The van der Waals surface area contributed by atoms with Crippen molar-refractivity contribution in [1.82, 2.24) is 0 Å². The maximum Gasteiger partial charge on any atom is -0.0195 e. The molecule has 228 valence electrons. The van der Waals surface area contributed by atoms with Gasteiger partial charge in [0.1, 0.15) is 0 Å². The van der Waals surface area contributed by atoms with Gasteiger partial charge >= 0.3 is 0 Å². The highest BCUT2D eigenvalue weighted by atomic mass is 14.2. The molecule has 0 N–H and O–H groups in total. The molecule has 0 aromatic heterocycles. The fourth-order valence-corrected chi connectivity index (χ4v) is 4.60. The molecule has 0 radical (unpaired) electrons. The maximum atomic E-state index is 3.80. The van der Waals surface area contributed by atoms with Crippen LogP contribution in [0.5, 0.6) is 0 Å². The summed E-state index contributed by atoms with van der Waals surface area (Å²) in [6.45, 7) is 36.2. The molecule has 0 unspecified atom stereocenters. The smallest absolute Gasteiger partial charge is 0.0195 e. The zero-order valence-corrected chi connectivity index (χ0v) is 29.6. The van der Waals surface area contributed by atoms with Gasteiger partial charge in [-0.25, -0.2) is 0 Å². The van der Waals surface area contributed by atoms with Crippen molar-refractivity contribution in [3.05, 3.63) is 110 Å². The molecule has 0 saturated carbocycles. The summed E-state index contributed by atoms with van der Waals surface area (Å²) in [6.07, 6.45) is 8.59. The Labute approximate surface area is 256 Å². The molecule has 0 atom stereocenters. The topological polar surface area (TPSA) is 0 Å². The second-order valence-corrected chi connectivity index (χ2v) is 10.9. The normalized spacial score (nSPS) is 10.9. The second kappa shape index (κ2) is 22.8. The summed E-state index contributed by atoms with van der Waals surface area (Å²) in [5.74, 6) is 1.27. The molecule has 0 aliphatic rings. The standard InChI is InChI=1S/C15H24.C13H16.C8H10.C3H8.C2H6/c1-7-13-14(10(2)3)8-12(6)9-15(13)11(4)5;1-5-11-8-9-12(6-2)13(7-3)10(11)4;1-7-5-3-4-6-8(7)2;1-3-2;1-2/h8-11H,7H2,1-6H3;5-9H,1H2,2-4H3;3-6H,1-2H3;3H2,1-2H3;1-2H3/b;12-6-,13-7-;;;. The first kappa shape index (κ1) is 40.3. The van der Waals surface area contributed by atoms with E-state index in [1.807, 2.05) is 19.9 Å². The largest absolute Gasteiger partial charge is 0.0985 e. The molecule has 0 bridgehead atoms. The summed E-state index contributed by atoms with van der Waals surface area (Å²) in [5.41, 5.74) is 11.3. The van der Waals surface area contributed by atoms with Gasteiger partial charge in [0.05, 0.1) is 0 Å². The second-order valence-electron chi connectivity index (χ2n) is 10.9. The molecule has 3 aromatic carbocycles. The van der Waals surface area contributed by atoms with Crippen molar-refractivity contribution in [1.29, 1.82) is 0 Å². The van der Waals surface area contributed by atoms with Crippen molar-refractivity contribution in [2.45, 2.75) is 129 Å². The minimum atomic E-state index is 0.636. The van der Waals surface area contributed by atoms with Gasteiger partial charge in [-0.15, -0.1) is 0 Å². The summed E-state index contributed by atoms with van der Waals surface area (Å²) >= 11 is 0. The average molecular weight is 557 g/mol. The molecule has 0 nitrogen and oxygen atoms in total. The van der Waals surface area contributed by atoms with Crippen LogP contribution in [-0.4, -0.2) is 0 Å². The van der Waals surface area contributed by atoms with Gasteiger partial charge in [-0.1, -0.05) is 148 Å². The number of aryl methyl sites for hydroxylation is 3. The molecule has 0 spiro atoms. The molecule has 0 amide bonds. The highest BCUT2D eigenvalue weighted by molar-refractivity contribution is 5.53. The Hall–Kier alpha value is -2.86. The first-order chi connectivity index (χ1) is 19.4. The fourth-order valence-electron chi connectivity index (χ4n) is 4.60. The summed E-state index contributed by atoms with van der Waals surface area (Å²) in [6, 6.07) is 17.3. The van der Waals surface area contributed by atoms with Crippen LogP contribution in [0.2, 0.25) is 0 Å². The monoisotopic (exact) mass is 557 g/mol. The lowest BCUT2D eigenvalue weighted by atomic mass is 9.86. The van der Waals surface area contributed by atoms with Gasteiger partial charge in [-0.05, 0) is 109 Å². The van der Waals surface area contributed by atoms with E-state index >= 15 is 0 Å². The van der Waals surface area contributed by atoms with Crippen molar-refractivity contribution in [2.75, 3.05) is 0 Å². The lowest BCUT2D eigenvalue weighted by Crippen LogP contribution is -2.27. The van der Waals surface area contributed by atoms with Gasteiger partial charge in [0.15, 0.2) is 0 Å². The van der Waals surface area contributed by atoms with E-state index in [0.717, 1.165) is 6.42 Å². The summed E-state index contributed by atoms with van der Waals surface area (Å²) < 4.78 is 0. The van der Waals surface area contributed by atoms with Gasteiger partial charge in [-0.3, -0.25) is 0 Å². The zero-order valence-electron chi connectivity index (χ0n) is 29.6. The highest BCUT2D eigenvalue weighted by Gasteiger charge is 2.13. The summed E-state index contributed by atoms with van der Waals surface area (Å²) in [5, 5.41) is 2.62. The first-order valence-corrected chi connectivity index (χ1v) is 15.9. The van der Waals surface area contributed by atoms with Gasteiger partial charge in [0, 0.05) is 0 Å². The van der Waals surface area contributed by atoms with Crippen molar-refractivity contribution >= 4 is 18.2 Å². The third-order valence-corrected chi connectivity index (χ3v) is 6.90. The maximum absolute atomic E-state index is 3.80. The number of benzene rings is 3. The lowest BCUT2D eigenvalue weighted by molar-refractivity contribution is 0.797. The molecule has 0 heterocycles. The van der Waals surface area contributed by atoms with Gasteiger partial charge < -0.3 is 0 Å². The molecular weight excluding hydrogens is 492 g/mol. The van der Waals surface area contributed by atoms with Crippen molar-refractivity contribution in [2.24, 2.45) is 0 Å². The van der Waals surface area contributed by atoms with E-state index in [0.29, 0.717) is 11.8 Å². The Bertz CT molecular complexity index is 1200. The van der Waals surface area contributed by atoms with E-state index in [-0.39, 0.29) is 0 Å². The number of rotatable bonds is 4. The van der Waals surface area contributed by atoms with Crippen molar-refractivity contribution in [3.63, 3.8) is 0 Å². The SMILES string of the molecule is C=Cc1ccc(=C/C)/c(=C\C)c1C.CC.CCC.CCc1c(C(C)C)cc(C)cc1C(C)C.Cc1ccccc1C.